The minimum absolute atomic E-state index is 0.0120. The molecule has 1 heterocycles. The maximum atomic E-state index is 13.1. The largest absolute Gasteiger partial charge is 0.392 e. The minimum Gasteiger partial charge on any atom is -0.392 e. The summed E-state index contributed by atoms with van der Waals surface area (Å²) in [7, 11) is 0. The summed E-state index contributed by atoms with van der Waals surface area (Å²) < 4.78 is 14.3. The highest BCUT2D eigenvalue weighted by molar-refractivity contribution is 5.33. The Kier molecular flexibility index (Phi) is 2.28. The van der Waals surface area contributed by atoms with Crippen LogP contribution in [0, 0.1) is 5.95 Å². The summed E-state index contributed by atoms with van der Waals surface area (Å²) in [4.78, 5) is 0. The molecule has 0 bridgehead atoms. The van der Waals surface area contributed by atoms with Gasteiger partial charge in [-0.2, -0.15) is 9.49 Å². The van der Waals surface area contributed by atoms with Gasteiger partial charge in [0.15, 0.2) is 0 Å². The molecule has 0 amide bonds. The number of aliphatic hydroxyl groups is 1. The van der Waals surface area contributed by atoms with E-state index in [1.165, 1.54) is 16.9 Å². The molecule has 0 unspecified atom stereocenters. The van der Waals surface area contributed by atoms with Gasteiger partial charge in [-0.1, -0.05) is 12.1 Å². The number of nitrogens with zero attached hydrogens (tertiary/aromatic N) is 2. The lowest BCUT2D eigenvalue weighted by atomic mass is 10.2. The van der Waals surface area contributed by atoms with Crippen LogP contribution in [0.5, 0.6) is 0 Å². The zero-order valence-electron chi connectivity index (χ0n) is 7.39. The maximum absolute atomic E-state index is 13.1. The standard InChI is InChI=1S/C10H9FN2O/c11-10-5-6-12-13(10)9-3-1-8(7-14)2-4-9/h1-6,14H,7H2. The molecule has 2 rings (SSSR count). The summed E-state index contributed by atoms with van der Waals surface area (Å²) in [6.07, 6.45) is 1.40. The molecule has 0 saturated carbocycles. The predicted molar refractivity (Wildman–Crippen MR) is 49.4 cm³/mol. The van der Waals surface area contributed by atoms with Gasteiger partial charge in [0, 0.05) is 6.07 Å². The Morgan fingerprint density at radius 3 is 2.43 bits per heavy atom. The molecule has 0 fully saturated rings. The average Bonchev–Trinajstić information content (AvgIpc) is 2.65. The fourth-order valence-electron chi connectivity index (χ4n) is 1.22. The topological polar surface area (TPSA) is 38.0 Å². The first-order valence-corrected chi connectivity index (χ1v) is 4.21. The Labute approximate surface area is 80.4 Å². The van der Waals surface area contributed by atoms with Crippen LogP contribution in [0.15, 0.2) is 36.5 Å². The van der Waals surface area contributed by atoms with Crippen molar-refractivity contribution in [2.24, 2.45) is 0 Å². The second kappa shape index (κ2) is 3.59. The van der Waals surface area contributed by atoms with Crippen LogP contribution in [0.2, 0.25) is 0 Å². The number of halogens is 1. The van der Waals surface area contributed by atoms with Gasteiger partial charge in [-0.25, -0.2) is 4.68 Å². The van der Waals surface area contributed by atoms with E-state index in [1.807, 2.05) is 0 Å². The quantitative estimate of drug-likeness (QED) is 0.783. The van der Waals surface area contributed by atoms with Gasteiger partial charge in [0.25, 0.3) is 0 Å². The van der Waals surface area contributed by atoms with Crippen molar-refractivity contribution < 1.29 is 9.50 Å². The van der Waals surface area contributed by atoms with E-state index in [9.17, 15) is 4.39 Å². The van der Waals surface area contributed by atoms with Gasteiger partial charge in [-0.3, -0.25) is 0 Å². The van der Waals surface area contributed by atoms with Crippen LogP contribution in [0.3, 0.4) is 0 Å². The van der Waals surface area contributed by atoms with Crippen LogP contribution < -0.4 is 0 Å². The molecule has 1 aromatic heterocycles. The Balaban J connectivity index is 2.39. The predicted octanol–water partition coefficient (Wildman–Crippen LogP) is 1.50. The van der Waals surface area contributed by atoms with E-state index < -0.39 is 5.95 Å². The SMILES string of the molecule is OCc1ccc(-n2nccc2F)cc1. The lowest BCUT2D eigenvalue weighted by Crippen LogP contribution is -1.99. The number of benzene rings is 1. The van der Waals surface area contributed by atoms with Crippen molar-refractivity contribution in [2.45, 2.75) is 6.61 Å². The monoisotopic (exact) mass is 192 g/mol. The Hall–Kier alpha value is -1.68. The van der Waals surface area contributed by atoms with Gasteiger partial charge in [-0.15, -0.1) is 0 Å². The van der Waals surface area contributed by atoms with Crippen molar-refractivity contribution in [3.8, 4) is 5.69 Å². The minimum atomic E-state index is -0.401. The number of rotatable bonds is 2. The molecule has 1 aromatic carbocycles. The Bertz CT molecular complexity index is 422. The molecule has 0 atom stereocenters. The van der Waals surface area contributed by atoms with Gasteiger partial charge in [0.2, 0.25) is 5.95 Å². The van der Waals surface area contributed by atoms with Crippen LogP contribution in [0.25, 0.3) is 5.69 Å². The van der Waals surface area contributed by atoms with E-state index in [1.54, 1.807) is 24.3 Å². The lowest BCUT2D eigenvalue weighted by molar-refractivity contribution is 0.282. The number of aromatic nitrogens is 2. The first kappa shape index (κ1) is 8.90. The second-order valence-electron chi connectivity index (χ2n) is 2.89. The van der Waals surface area contributed by atoms with Crippen molar-refractivity contribution in [1.82, 2.24) is 9.78 Å². The summed E-state index contributed by atoms with van der Waals surface area (Å²) in [5.74, 6) is -0.401. The molecule has 1 N–H and O–H groups in total. The lowest BCUT2D eigenvalue weighted by Gasteiger charge is -2.02. The van der Waals surface area contributed by atoms with E-state index in [0.29, 0.717) is 5.69 Å². The van der Waals surface area contributed by atoms with Crippen molar-refractivity contribution in [3.05, 3.63) is 48.0 Å². The fourth-order valence-corrected chi connectivity index (χ4v) is 1.22. The summed E-state index contributed by atoms with van der Waals surface area (Å²) in [6.45, 7) is -0.0120. The molecule has 0 aliphatic rings. The van der Waals surface area contributed by atoms with Crippen molar-refractivity contribution in [2.75, 3.05) is 0 Å². The molecule has 72 valence electrons. The molecule has 0 radical (unpaired) electrons. The highest BCUT2D eigenvalue weighted by atomic mass is 19.1. The van der Waals surface area contributed by atoms with Crippen LogP contribution in [-0.2, 0) is 6.61 Å². The Morgan fingerprint density at radius 2 is 1.93 bits per heavy atom. The van der Waals surface area contributed by atoms with E-state index in [2.05, 4.69) is 5.10 Å². The van der Waals surface area contributed by atoms with Crippen LogP contribution in [-0.4, -0.2) is 14.9 Å². The third kappa shape index (κ3) is 1.52. The fraction of sp³-hybridized carbons (Fsp3) is 0.100. The van der Waals surface area contributed by atoms with Gasteiger partial charge >= 0.3 is 0 Å². The van der Waals surface area contributed by atoms with Gasteiger partial charge in [-0.05, 0) is 17.7 Å². The third-order valence-corrected chi connectivity index (χ3v) is 1.96. The molecule has 2 aromatic rings. The van der Waals surface area contributed by atoms with Crippen molar-refractivity contribution >= 4 is 0 Å². The zero-order valence-corrected chi connectivity index (χ0v) is 7.39. The number of aliphatic hydroxyl groups excluding tert-OH is 1. The molecular weight excluding hydrogens is 183 g/mol. The van der Waals surface area contributed by atoms with E-state index in [-0.39, 0.29) is 6.61 Å². The second-order valence-corrected chi connectivity index (χ2v) is 2.89. The zero-order chi connectivity index (χ0) is 9.97. The van der Waals surface area contributed by atoms with Crippen LogP contribution in [0.4, 0.5) is 4.39 Å². The van der Waals surface area contributed by atoms with Crippen LogP contribution in [0.1, 0.15) is 5.56 Å². The maximum Gasteiger partial charge on any atom is 0.216 e. The van der Waals surface area contributed by atoms with E-state index in [0.717, 1.165) is 5.56 Å². The summed E-state index contributed by atoms with van der Waals surface area (Å²) in [6, 6.07) is 8.18. The molecule has 14 heavy (non-hydrogen) atoms. The summed E-state index contributed by atoms with van der Waals surface area (Å²) in [5.41, 5.74) is 1.44. The third-order valence-electron chi connectivity index (χ3n) is 1.96. The van der Waals surface area contributed by atoms with Gasteiger partial charge < -0.3 is 5.11 Å². The summed E-state index contributed by atoms with van der Waals surface area (Å²) >= 11 is 0. The first-order chi connectivity index (χ1) is 6.81. The smallest absolute Gasteiger partial charge is 0.216 e. The van der Waals surface area contributed by atoms with Gasteiger partial charge in [0.05, 0.1) is 18.5 Å². The molecule has 3 nitrogen and oxygen atoms in total. The van der Waals surface area contributed by atoms with E-state index in [4.69, 9.17) is 5.11 Å². The normalized spacial score (nSPS) is 10.4. The molecule has 0 spiro atoms. The molecule has 0 saturated heterocycles. The highest BCUT2D eigenvalue weighted by Gasteiger charge is 2.02. The molecule has 0 aliphatic heterocycles. The van der Waals surface area contributed by atoms with Crippen molar-refractivity contribution in [1.29, 1.82) is 0 Å². The van der Waals surface area contributed by atoms with Gasteiger partial charge in [0.1, 0.15) is 0 Å². The average molecular weight is 192 g/mol. The Morgan fingerprint density at radius 1 is 1.21 bits per heavy atom. The summed E-state index contributed by atoms with van der Waals surface area (Å²) in [5, 5.41) is 12.6. The number of hydrogen-bond acceptors (Lipinski definition) is 2. The number of hydrogen-bond donors (Lipinski definition) is 1. The molecular formula is C10H9FN2O. The molecule has 0 aliphatic carbocycles. The first-order valence-electron chi connectivity index (χ1n) is 4.21. The van der Waals surface area contributed by atoms with Crippen molar-refractivity contribution in [3.63, 3.8) is 0 Å². The molecule has 4 heteroatoms. The highest BCUT2D eigenvalue weighted by Crippen LogP contribution is 2.10. The van der Waals surface area contributed by atoms with Crippen LogP contribution >= 0.6 is 0 Å². The van der Waals surface area contributed by atoms with E-state index >= 15 is 0 Å².